The molecule has 4 N–H and O–H groups in total. The fourth-order valence-electron chi connectivity index (χ4n) is 1.15. The maximum absolute atomic E-state index is 5.73. The summed E-state index contributed by atoms with van der Waals surface area (Å²) in [6, 6.07) is 5.59. The van der Waals surface area contributed by atoms with Gasteiger partial charge in [-0.2, -0.15) is 0 Å². The Labute approximate surface area is 83.8 Å². The van der Waals surface area contributed by atoms with Gasteiger partial charge in [-0.25, -0.2) is 0 Å². The molecular formula is C10H16N2O2. The van der Waals surface area contributed by atoms with Crippen LogP contribution in [0.3, 0.4) is 0 Å². The van der Waals surface area contributed by atoms with Gasteiger partial charge in [-0.05, 0) is 17.7 Å². The van der Waals surface area contributed by atoms with Crippen molar-refractivity contribution in [2.45, 2.75) is 6.61 Å². The lowest BCUT2D eigenvalue weighted by atomic mass is 10.2. The molecule has 0 fully saturated rings. The average Bonchev–Trinajstić information content (AvgIpc) is 2.18. The molecule has 4 nitrogen and oxygen atoms in total. The van der Waals surface area contributed by atoms with E-state index in [0.29, 0.717) is 31.2 Å². The van der Waals surface area contributed by atoms with Crippen molar-refractivity contribution >= 4 is 5.69 Å². The van der Waals surface area contributed by atoms with E-state index in [9.17, 15) is 0 Å². The molecule has 78 valence electrons. The smallest absolute Gasteiger partial charge is 0.141 e. The van der Waals surface area contributed by atoms with Gasteiger partial charge in [0, 0.05) is 6.54 Å². The van der Waals surface area contributed by atoms with E-state index in [0.717, 1.165) is 5.56 Å². The van der Waals surface area contributed by atoms with Crippen LogP contribution >= 0.6 is 0 Å². The molecule has 0 amide bonds. The molecule has 0 aromatic heterocycles. The largest absolute Gasteiger partial charge is 0.495 e. The molecule has 0 bridgehead atoms. The number of nitrogen functional groups attached to an aromatic ring is 1. The number of anilines is 1. The van der Waals surface area contributed by atoms with Crippen LogP contribution in [0.15, 0.2) is 18.2 Å². The predicted octanol–water partition coefficient (Wildman–Crippen LogP) is 0.753. The molecule has 0 aliphatic rings. The normalized spacial score (nSPS) is 10.1. The van der Waals surface area contributed by atoms with Gasteiger partial charge < -0.3 is 20.9 Å². The van der Waals surface area contributed by atoms with Gasteiger partial charge in [0.1, 0.15) is 5.75 Å². The van der Waals surface area contributed by atoms with Gasteiger partial charge in [-0.3, -0.25) is 0 Å². The summed E-state index contributed by atoms with van der Waals surface area (Å²) in [5.41, 5.74) is 12.7. The standard InChI is InChI=1S/C10H16N2O2/c1-13-10-3-2-8(6-9(10)12)7-14-5-4-11/h2-3,6H,4-5,7,11-12H2,1H3. The fraction of sp³-hybridized carbons (Fsp3) is 0.400. The predicted molar refractivity (Wildman–Crippen MR) is 56.1 cm³/mol. The molecule has 4 heteroatoms. The van der Waals surface area contributed by atoms with E-state index in [-0.39, 0.29) is 0 Å². The highest BCUT2D eigenvalue weighted by molar-refractivity contribution is 5.54. The van der Waals surface area contributed by atoms with Crippen molar-refractivity contribution in [3.8, 4) is 5.75 Å². The van der Waals surface area contributed by atoms with Crippen molar-refractivity contribution in [2.75, 3.05) is 26.0 Å². The third-order valence-electron chi connectivity index (χ3n) is 1.83. The third-order valence-corrected chi connectivity index (χ3v) is 1.83. The van der Waals surface area contributed by atoms with E-state index in [2.05, 4.69) is 0 Å². The second kappa shape index (κ2) is 5.47. The molecule has 0 spiro atoms. The summed E-state index contributed by atoms with van der Waals surface area (Å²) >= 11 is 0. The molecule has 1 rings (SSSR count). The Hall–Kier alpha value is -1.26. The molecule has 0 saturated heterocycles. The molecule has 0 heterocycles. The third kappa shape index (κ3) is 2.90. The summed E-state index contributed by atoms with van der Waals surface area (Å²) in [6.07, 6.45) is 0. The Bertz CT molecular complexity index is 289. The number of rotatable bonds is 5. The summed E-state index contributed by atoms with van der Waals surface area (Å²) in [5.74, 6) is 0.688. The lowest BCUT2D eigenvalue weighted by Crippen LogP contribution is -2.08. The van der Waals surface area contributed by atoms with Crippen LogP contribution in [-0.2, 0) is 11.3 Å². The molecule has 0 aliphatic heterocycles. The first-order valence-electron chi connectivity index (χ1n) is 4.48. The summed E-state index contributed by atoms with van der Waals surface area (Å²) in [4.78, 5) is 0. The van der Waals surface area contributed by atoms with Crippen LogP contribution < -0.4 is 16.2 Å². The van der Waals surface area contributed by atoms with E-state index in [1.54, 1.807) is 7.11 Å². The number of ether oxygens (including phenoxy) is 2. The zero-order valence-corrected chi connectivity index (χ0v) is 8.32. The van der Waals surface area contributed by atoms with Gasteiger partial charge in [-0.1, -0.05) is 6.07 Å². The number of hydrogen-bond donors (Lipinski definition) is 2. The Kier molecular flexibility index (Phi) is 4.22. The highest BCUT2D eigenvalue weighted by atomic mass is 16.5. The van der Waals surface area contributed by atoms with Crippen LogP contribution in [0.1, 0.15) is 5.56 Å². The summed E-state index contributed by atoms with van der Waals surface area (Å²) in [6.45, 7) is 1.63. The Morgan fingerprint density at radius 1 is 1.36 bits per heavy atom. The maximum atomic E-state index is 5.73. The minimum Gasteiger partial charge on any atom is -0.495 e. The van der Waals surface area contributed by atoms with E-state index >= 15 is 0 Å². The van der Waals surface area contributed by atoms with Gasteiger partial charge >= 0.3 is 0 Å². The Morgan fingerprint density at radius 3 is 2.71 bits per heavy atom. The summed E-state index contributed by atoms with van der Waals surface area (Å²) in [5, 5.41) is 0. The highest BCUT2D eigenvalue weighted by Crippen LogP contribution is 2.21. The van der Waals surface area contributed by atoms with Gasteiger partial charge in [-0.15, -0.1) is 0 Å². The van der Waals surface area contributed by atoms with Crippen molar-refractivity contribution < 1.29 is 9.47 Å². The molecule has 0 unspecified atom stereocenters. The van der Waals surface area contributed by atoms with Crippen LogP contribution in [0.2, 0.25) is 0 Å². The number of benzene rings is 1. The topological polar surface area (TPSA) is 70.5 Å². The molecule has 0 aliphatic carbocycles. The van der Waals surface area contributed by atoms with E-state index in [1.165, 1.54) is 0 Å². The molecular weight excluding hydrogens is 180 g/mol. The zero-order valence-electron chi connectivity index (χ0n) is 8.32. The molecule has 1 aromatic carbocycles. The quantitative estimate of drug-likeness (QED) is 0.538. The van der Waals surface area contributed by atoms with Crippen LogP contribution in [-0.4, -0.2) is 20.3 Å². The minimum absolute atomic E-state index is 0.533. The molecule has 14 heavy (non-hydrogen) atoms. The monoisotopic (exact) mass is 196 g/mol. The first-order valence-corrected chi connectivity index (χ1v) is 4.48. The first-order chi connectivity index (χ1) is 6.77. The lowest BCUT2D eigenvalue weighted by molar-refractivity contribution is 0.128. The number of nitrogens with two attached hydrogens (primary N) is 2. The van der Waals surface area contributed by atoms with Crippen LogP contribution in [0.4, 0.5) is 5.69 Å². The first kappa shape index (κ1) is 10.8. The number of hydrogen-bond acceptors (Lipinski definition) is 4. The van der Waals surface area contributed by atoms with E-state index in [4.69, 9.17) is 20.9 Å². The second-order valence-electron chi connectivity index (χ2n) is 2.92. The van der Waals surface area contributed by atoms with Crippen LogP contribution in [0.25, 0.3) is 0 Å². The molecule has 0 radical (unpaired) electrons. The van der Waals surface area contributed by atoms with Crippen molar-refractivity contribution in [3.63, 3.8) is 0 Å². The Balaban J connectivity index is 2.57. The van der Waals surface area contributed by atoms with Crippen LogP contribution in [0, 0.1) is 0 Å². The average molecular weight is 196 g/mol. The molecule has 0 atom stereocenters. The SMILES string of the molecule is COc1ccc(COCCN)cc1N. The zero-order chi connectivity index (χ0) is 10.4. The van der Waals surface area contributed by atoms with Crippen molar-refractivity contribution in [3.05, 3.63) is 23.8 Å². The minimum atomic E-state index is 0.533. The summed E-state index contributed by atoms with van der Waals surface area (Å²) in [7, 11) is 1.59. The van der Waals surface area contributed by atoms with Crippen molar-refractivity contribution in [1.82, 2.24) is 0 Å². The van der Waals surface area contributed by atoms with E-state index < -0.39 is 0 Å². The molecule has 0 saturated carbocycles. The summed E-state index contributed by atoms with van der Waals surface area (Å²) < 4.78 is 10.3. The van der Waals surface area contributed by atoms with Crippen molar-refractivity contribution in [1.29, 1.82) is 0 Å². The molecule has 1 aromatic rings. The van der Waals surface area contributed by atoms with Gasteiger partial charge in [0.25, 0.3) is 0 Å². The van der Waals surface area contributed by atoms with Crippen LogP contribution in [0.5, 0.6) is 5.75 Å². The lowest BCUT2D eigenvalue weighted by Gasteiger charge is -2.07. The van der Waals surface area contributed by atoms with E-state index in [1.807, 2.05) is 18.2 Å². The highest BCUT2D eigenvalue weighted by Gasteiger charge is 2.00. The van der Waals surface area contributed by atoms with Gasteiger partial charge in [0.15, 0.2) is 0 Å². The Morgan fingerprint density at radius 2 is 2.14 bits per heavy atom. The fourth-order valence-corrected chi connectivity index (χ4v) is 1.15. The number of methoxy groups -OCH3 is 1. The van der Waals surface area contributed by atoms with Crippen molar-refractivity contribution in [2.24, 2.45) is 5.73 Å². The van der Waals surface area contributed by atoms with Gasteiger partial charge in [0.05, 0.1) is 26.0 Å². The second-order valence-corrected chi connectivity index (χ2v) is 2.92. The van der Waals surface area contributed by atoms with Gasteiger partial charge in [0.2, 0.25) is 0 Å². The maximum Gasteiger partial charge on any atom is 0.141 e.